The van der Waals surface area contributed by atoms with Crippen LogP contribution >= 0.6 is 0 Å². The van der Waals surface area contributed by atoms with Gasteiger partial charge in [0.2, 0.25) is 11.8 Å². The van der Waals surface area contributed by atoms with Crippen molar-refractivity contribution in [3.05, 3.63) is 47.7 Å². The molecular weight excluding hydrogens is 226 g/mol. The van der Waals surface area contributed by atoms with Crippen molar-refractivity contribution < 1.29 is 4.42 Å². The Bertz CT molecular complexity index is 499. The van der Waals surface area contributed by atoms with Crippen molar-refractivity contribution in [2.75, 3.05) is 0 Å². The second kappa shape index (κ2) is 4.90. The third kappa shape index (κ3) is 2.96. The third-order valence-corrected chi connectivity index (χ3v) is 2.70. The Kier molecular flexibility index (Phi) is 3.48. The van der Waals surface area contributed by atoms with Gasteiger partial charge < -0.3 is 10.2 Å². The van der Waals surface area contributed by atoms with Gasteiger partial charge in [-0.15, -0.1) is 10.2 Å². The van der Waals surface area contributed by atoms with Crippen molar-refractivity contribution in [2.45, 2.75) is 38.6 Å². The Hall–Kier alpha value is -1.68. The lowest BCUT2D eigenvalue weighted by molar-refractivity contribution is 0.356. The van der Waals surface area contributed by atoms with Crippen LogP contribution in [0.25, 0.3) is 0 Å². The molecule has 1 atom stereocenters. The molecule has 0 aliphatic heterocycles. The molecule has 18 heavy (non-hydrogen) atoms. The van der Waals surface area contributed by atoms with Crippen LogP contribution in [0.4, 0.5) is 0 Å². The van der Waals surface area contributed by atoms with E-state index in [1.54, 1.807) is 0 Å². The highest BCUT2D eigenvalue weighted by molar-refractivity contribution is 5.16. The zero-order chi connectivity index (χ0) is 13.2. The van der Waals surface area contributed by atoms with Gasteiger partial charge in [-0.05, 0) is 12.0 Å². The summed E-state index contributed by atoms with van der Waals surface area (Å²) in [5.41, 5.74) is 7.11. The maximum absolute atomic E-state index is 6.09. The molecule has 0 aliphatic rings. The lowest BCUT2D eigenvalue weighted by Gasteiger charge is -2.12. The van der Waals surface area contributed by atoms with E-state index in [9.17, 15) is 0 Å². The van der Waals surface area contributed by atoms with Crippen LogP contribution in [0, 0.1) is 0 Å². The molecule has 2 rings (SSSR count). The number of benzene rings is 1. The summed E-state index contributed by atoms with van der Waals surface area (Å²) in [4.78, 5) is 0. The van der Waals surface area contributed by atoms with Crippen molar-refractivity contribution in [3.8, 4) is 0 Å². The second-order valence-corrected chi connectivity index (χ2v) is 5.49. The number of rotatable bonds is 3. The lowest BCUT2D eigenvalue weighted by atomic mass is 9.97. The van der Waals surface area contributed by atoms with Gasteiger partial charge in [-0.3, -0.25) is 0 Å². The maximum Gasteiger partial charge on any atom is 0.233 e. The molecule has 0 saturated carbocycles. The van der Waals surface area contributed by atoms with Gasteiger partial charge in [0.25, 0.3) is 0 Å². The summed E-state index contributed by atoms with van der Waals surface area (Å²) in [7, 11) is 0. The maximum atomic E-state index is 6.09. The molecular formula is C14H19N3O. The van der Waals surface area contributed by atoms with Crippen LogP contribution in [0.1, 0.15) is 44.2 Å². The van der Waals surface area contributed by atoms with Gasteiger partial charge in [0, 0.05) is 5.41 Å². The van der Waals surface area contributed by atoms with E-state index in [4.69, 9.17) is 10.2 Å². The molecule has 1 aromatic carbocycles. The highest BCUT2D eigenvalue weighted by Crippen LogP contribution is 2.23. The summed E-state index contributed by atoms with van der Waals surface area (Å²) >= 11 is 0. The van der Waals surface area contributed by atoms with Crippen LogP contribution in [0.15, 0.2) is 34.7 Å². The fourth-order valence-corrected chi connectivity index (χ4v) is 1.64. The minimum Gasteiger partial charge on any atom is -0.423 e. The summed E-state index contributed by atoms with van der Waals surface area (Å²) in [5, 5.41) is 8.09. The average Bonchev–Trinajstić information content (AvgIpc) is 2.79. The molecule has 1 aromatic heterocycles. The zero-order valence-electron chi connectivity index (χ0n) is 11.1. The summed E-state index contributed by atoms with van der Waals surface area (Å²) in [5.74, 6) is 1.13. The fourth-order valence-electron chi connectivity index (χ4n) is 1.64. The van der Waals surface area contributed by atoms with Gasteiger partial charge in [0.1, 0.15) is 0 Å². The minimum atomic E-state index is -0.254. The van der Waals surface area contributed by atoms with Crippen LogP contribution in [0.2, 0.25) is 0 Å². The molecule has 0 bridgehead atoms. The Morgan fingerprint density at radius 3 is 2.39 bits per heavy atom. The summed E-state index contributed by atoms with van der Waals surface area (Å²) in [6, 6.07) is 9.81. The van der Waals surface area contributed by atoms with Crippen molar-refractivity contribution >= 4 is 0 Å². The van der Waals surface area contributed by atoms with E-state index in [1.165, 1.54) is 5.56 Å². The van der Waals surface area contributed by atoms with Gasteiger partial charge in [0.05, 0.1) is 6.04 Å². The molecule has 0 saturated heterocycles. The van der Waals surface area contributed by atoms with E-state index in [0.29, 0.717) is 18.2 Å². The van der Waals surface area contributed by atoms with Gasteiger partial charge in [-0.2, -0.15) is 0 Å². The Morgan fingerprint density at radius 2 is 1.83 bits per heavy atom. The molecule has 4 heteroatoms. The zero-order valence-corrected chi connectivity index (χ0v) is 11.1. The predicted octanol–water partition coefficient (Wildman–Crippen LogP) is 2.61. The number of nitrogens with zero attached hydrogens (tertiary/aromatic N) is 2. The molecule has 2 aromatic rings. The predicted molar refractivity (Wildman–Crippen MR) is 70.1 cm³/mol. The smallest absolute Gasteiger partial charge is 0.233 e. The summed E-state index contributed by atoms with van der Waals surface area (Å²) in [6.45, 7) is 6.10. The molecule has 1 unspecified atom stereocenters. The normalized spacial score (nSPS) is 13.6. The highest BCUT2D eigenvalue weighted by Gasteiger charge is 2.23. The quantitative estimate of drug-likeness (QED) is 0.902. The highest BCUT2D eigenvalue weighted by atomic mass is 16.4. The SMILES string of the molecule is CC(C)(C)c1nnc(C(N)Cc2ccccc2)o1. The lowest BCUT2D eigenvalue weighted by Crippen LogP contribution is -2.14. The van der Waals surface area contributed by atoms with Crippen molar-refractivity contribution in [1.29, 1.82) is 0 Å². The van der Waals surface area contributed by atoms with E-state index >= 15 is 0 Å². The molecule has 1 heterocycles. The largest absolute Gasteiger partial charge is 0.423 e. The summed E-state index contributed by atoms with van der Waals surface area (Å²) in [6.07, 6.45) is 0.701. The van der Waals surface area contributed by atoms with E-state index in [0.717, 1.165) is 0 Å². The molecule has 0 aliphatic carbocycles. The van der Waals surface area contributed by atoms with Crippen LogP contribution in [-0.2, 0) is 11.8 Å². The standard InChI is InChI=1S/C14H19N3O/c1-14(2,3)13-17-16-12(18-13)11(15)9-10-7-5-4-6-8-10/h4-8,11H,9,15H2,1-3H3. The van der Waals surface area contributed by atoms with Crippen molar-refractivity contribution in [3.63, 3.8) is 0 Å². The fraction of sp³-hybridized carbons (Fsp3) is 0.429. The van der Waals surface area contributed by atoms with E-state index in [1.807, 2.05) is 51.1 Å². The van der Waals surface area contributed by atoms with E-state index in [-0.39, 0.29) is 11.5 Å². The van der Waals surface area contributed by atoms with Gasteiger partial charge in [0.15, 0.2) is 0 Å². The molecule has 0 amide bonds. The monoisotopic (exact) mass is 245 g/mol. The average molecular weight is 245 g/mol. The van der Waals surface area contributed by atoms with Crippen LogP contribution in [0.5, 0.6) is 0 Å². The Morgan fingerprint density at radius 1 is 1.17 bits per heavy atom. The molecule has 0 radical (unpaired) electrons. The number of hydrogen-bond acceptors (Lipinski definition) is 4. The van der Waals surface area contributed by atoms with E-state index < -0.39 is 0 Å². The molecule has 0 fully saturated rings. The number of aromatic nitrogens is 2. The Balaban J connectivity index is 2.10. The number of hydrogen-bond donors (Lipinski definition) is 1. The van der Waals surface area contributed by atoms with Crippen molar-refractivity contribution in [2.24, 2.45) is 5.73 Å². The first kappa shape index (κ1) is 12.8. The first-order chi connectivity index (χ1) is 8.47. The topological polar surface area (TPSA) is 64.9 Å². The Labute approximate surface area is 107 Å². The van der Waals surface area contributed by atoms with Crippen LogP contribution < -0.4 is 5.73 Å². The molecule has 96 valence electrons. The van der Waals surface area contributed by atoms with Gasteiger partial charge >= 0.3 is 0 Å². The van der Waals surface area contributed by atoms with Crippen molar-refractivity contribution in [1.82, 2.24) is 10.2 Å². The van der Waals surface area contributed by atoms with Crippen LogP contribution in [0.3, 0.4) is 0 Å². The van der Waals surface area contributed by atoms with Gasteiger partial charge in [-0.1, -0.05) is 51.1 Å². The summed E-state index contributed by atoms with van der Waals surface area (Å²) < 4.78 is 5.63. The molecule has 2 N–H and O–H groups in total. The molecule has 0 spiro atoms. The minimum absolute atomic E-state index is 0.141. The number of nitrogens with two attached hydrogens (primary N) is 1. The first-order valence-electron chi connectivity index (χ1n) is 6.10. The van der Waals surface area contributed by atoms with Crippen LogP contribution in [-0.4, -0.2) is 10.2 Å². The molecule has 4 nitrogen and oxygen atoms in total. The first-order valence-corrected chi connectivity index (χ1v) is 6.10. The van der Waals surface area contributed by atoms with E-state index in [2.05, 4.69) is 10.2 Å². The second-order valence-electron chi connectivity index (χ2n) is 5.49. The third-order valence-electron chi connectivity index (χ3n) is 2.70. The van der Waals surface area contributed by atoms with Gasteiger partial charge in [-0.25, -0.2) is 0 Å².